The molecule has 1 fully saturated rings. The van der Waals surface area contributed by atoms with Crippen molar-refractivity contribution in [2.24, 2.45) is 11.8 Å². The third-order valence-corrected chi connectivity index (χ3v) is 2.53. The lowest BCUT2D eigenvalue weighted by Gasteiger charge is -2.19. The Hall–Kier alpha value is -1.10. The molecule has 0 spiro atoms. The minimum Gasteiger partial charge on any atom is -0.480 e. The molecule has 0 aromatic heterocycles. The van der Waals surface area contributed by atoms with E-state index in [2.05, 4.69) is 5.32 Å². The summed E-state index contributed by atoms with van der Waals surface area (Å²) in [6.45, 7) is 4.52. The molecule has 0 saturated carbocycles. The lowest BCUT2D eigenvalue weighted by molar-refractivity contribution is -0.143. The second-order valence-corrected chi connectivity index (χ2v) is 4.13. The maximum Gasteiger partial charge on any atom is 0.326 e. The molecule has 5 nitrogen and oxygen atoms in total. The number of carboxylic acid groups (broad SMARTS) is 1. The minimum absolute atomic E-state index is 0.117. The number of nitrogens with one attached hydrogen (secondary N) is 1. The van der Waals surface area contributed by atoms with E-state index in [4.69, 9.17) is 9.84 Å². The van der Waals surface area contributed by atoms with Gasteiger partial charge < -0.3 is 15.2 Å². The van der Waals surface area contributed by atoms with Crippen molar-refractivity contribution in [3.8, 4) is 0 Å². The fraction of sp³-hybridized carbons (Fsp3) is 0.800. The molecule has 5 heteroatoms. The molecule has 0 aromatic carbocycles. The van der Waals surface area contributed by atoms with Crippen LogP contribution < -0.4 is 5.32 Å². The lowest BCUT2D eigenvalue weighted by Crippen LogP contribution is -2.46. The molecule has 0 aromatic rings. The van der Waals surface area contributed by atoms with Gasteiger partial charge in [0.2, 0.25) is 5.91 Å². The molecule has 0 bridgehead atoms. The first-order valence-electron chi connectivity index (χ1n) is 5.13. The Balaban J connectivity index is 2.50. The van der Waals surface area contributed by atoms with Crippen LogP contribution in [0.3, 0.4) is 0 Å². The fourth-order valence-corrected chi connectivity index (χ4v) is 1.53. The van der Waals surface area contributed by atoms with Crippen molar-refractivity contribution in [1.29, 1.82) is 0 Å². The molecule has 1 amide bonds. The van der Waals surface area contributed by atoms with Crippen LogP contribution in [0.25, 0.3) is 0 Å². The van der Waals surface area contributed by atoms with Gasteiger partial charge in [-0.15, -0.1) is 0 Å². The Labute approximate surface area is 88.8 Å². The second kappa shape index (κ2) is 5.11. The monoisotopic (exact) mass is 215 g/mol. The molecule has 15 heavy (non-hydrogen) atoms. The summed E-state index contributed by atoms with van der Waals surface area (Å²) < 4.78 is 5.07. The van der Waals surface area contributed by atoms with Crippen LogP contribution in [0.15, 0.2) is 0 Å². The van der Waals surface area contributed by atoms with Crippen LogP contribution in [0.5, 0.6) is 0 Å². The number of aliphatic carboxylic acids is 1. The van der Waals surface area contributed by atoms with Gasteiger partial charge in [-0.05, 0) is 12.3 Å². The van der Waals surface area contributed by atoms with Gasteiger partial charge in [-0.1, -0.05) is 13.8 Å². The largest absolute Gasteiger partial charge is 0.480 e. The van der Waals surface area contributed by atoms with E-state index in [1.54, 1.807) is 13.8 Å². The first-order valence-corrected chi connectivity index (χ1v) is 5.13. The Morgan fingerprint density at radius 2 is 2.13 bits per heavy atom. The summed E-state index contributed by atoms with van der Waals surface area (Å²) in [7, 11) is 0. The van der Waals surface area contributed by atoms with Crippen molar-refractivity contribution < 1.29 is 19.4 Å². The number of carboxylic acids is 1. The highest BCUT2D eigenvalue weighted by molar-refractivity contribution is 5.85. The highest BCUT2D eigenvalue weighted by Crippen LogP contribution is 2.13. The maximum atomic E-state index is 11.6. The lowest BCUT2D eigenvalue weighted by atomic mass is 10.0. The summed E-state index contributed by atoms with van der Waals surface area (Å²) in [5.74, 6) is -1.51. The van der Waals surface area contributed by atoms with Crippen LogP contribution in [0, 0.1) is 11.8 Å². The second-order valence-electron chi connectivity index (χ2n) is 4.13. The van der Waals surface area contributed by atoms with Crippen molar-refractivity contribution in [1.82, 2.24) is 5.32 Å². The molecule has 1 aliphatic heterocycles. The van der Waals surface area contributed by atoms with Crippen molar-refractivity contribution >= 4 is 11.9 Å². The molecule has 0 unspecified atom stereocenters. The standard InChI is InChI=1S/C10H17NO4/c1-6(2)8(10(13)14)11-9(12)7-3-4-15-5-7/h6-8H,3-5H2,1-2H3,(H,11,12)(H,13,14)/t7-,8-/m0/s1. The summed E-state index contributed by atoms with van der Waals surface area (Å²) >= 11 is 0. The summed E-state index contributed by atoms with van der Waals surface area (Å²) in [5, 5.41) is 11.4. The van der Waals surface area contributed by atoms with E-state index < -0.39 is 12.0 Å². The number of carbonyl (C=O) groups is 2. The van der Waals surface area contributed by atoms with E-state index in [0.29, 0.717) is 19.6 Å². The Morgan fingerprint density at radius 3 is 2.53 bits per heavy atom. The van der Waals surface area contributed by atoms with E-state index in [9.17, 15) is 9.59 Å². The van der Waals surface area contributed by atoms with E-state index >= 15 is 0 Å². The summed E-state index contributed by atoms with van der Waals surface area (Å²) in [6, 6.07) is -0.807. The highest BCUT2D eigenvalue weighted by Gasteiger charge is 2.29. The molecular weight excluding hydrogens is 198 g/mol. The number of amides is 1. The summed E-state index contributed by atoms with van der Waals surface area (Å²) in [6.07, 6.45) is 0.677. The molecule has 1 heterocycles. The summed E-state index contributed by atoms with van der Waals surface area (Å²) in [4.78, 5) is 22.5. The zero-order valence-electron chi connectivity index (χ0n) is 9.03. The topological polar surface area (TPSA) is 75.6 Å². The van der Waals surface area contributed by atoms with Crippen LogP contribution in [0.1, 0.15) is 20.3 Å². The molecule has 1 rings (SSSR count). The SMILES string of the molecule is CC(C)[C@H](NC(=O)[C@H]1CCOC1)C(=O)O. The first-order chi connectivity index (χ1) is 7.02. The molecule has 0 radical (unpaired) electrons. The number of hydrogen-bond acceptors (Lipinski definition) is 3. The van der Waals surface area contributed by atoms with Gasteiger partial charge >= 0.3 is 5.97 Å². The number of rotatable bonds is 4. The number of carbonyl (C=O) groups excluding carboxylic acids is 1. The highest BCUT2D eigenvalue weighted by atomic mass is 16.5. The predicted octanol–water partition coefficient (Wildman–Crippen LogP) is 0.248. The van der Waals surface area contributed by atoms with Crippen molar-refractivity contribution in [2.75, 3.05) is 13.2 Å². The van der Waals surface area contributed by atoms with Crippen LogP contribution >= 0.6 is 0 Å². The van der Waals surface area contributed by atoms with Gasteiger partial charge in [-0.25, -0.2) is 4.79 Å². The Bertz CT molecular complexity index is 246. The van der Waals surface area contributed by atoms with Crippen LogP contribution in [-0.4, -0.2) is 36.2 Å². The molecule has 0 aliphatic carbocycles. The van der Waals surface area contributed by atoms with E-state index in [1.807, 2.05) is 0 Å². The van der Waals surface area contributed by atoms with E-state index in [-0.39, 0.29) is 17.7 Å². The normalized spacial score (nSPS) is 22.7. The third-order valence-electron chi connectivity index (χ3n) is 2.53. The minimum atomic E-state index is -0.989. The van der Waals surface area contributed by atoms with Crippen LogP contribution in [0.4, 0.5) is 0 Å². The van der Waals surface area contributed by atoms with Gasteiger partial charge in [0.25, 0.3) is 0 Å². The predicted molar refractivity (Wildman–Crippen MR) is 53.3 cm³/mol. The Kier molecular flexibility index (Phi) is 4.08. The molecule has 1 saturated heterocycles. The van der Waals surface area contributed by atoms with Gasteiger partial charge in [0.05, 0.1) is 12.5 Å². The van der Waals surface area contributed by atoms with Gasteiger partial charge in [-0.3, -0.25) is 4.79 Å². The van der Waals surface area contributed by atoms with Crippen LogP contribution in [-0.2, 0) is 14.3 Å². The quantitative estimate of drug-likeness (QED) is 0.704. The van der Waals surface area contributed by atoms with Crippen LogP contribution in [0.2, 0.25) is 0 Å². The number of hydrogen-bond donors (Lipinski definition) is 2. The molecular formula is C10H17NO4. The average molecular weight is 215 g/mol. The summed E-state index contributed by atoms with van der Waals surface area (Å²) in [5.41, 5.74) is 0. The zero-order valence-corrected chi connectivity index (χ0v) is 9.03. The zero-order chi connectivity index (χ0) is 11.4. The van der Waals surface area contributed by atoms with Crippen molar-refractivity contribution in [2.45, 2.75) is 26.3 Å². The average Bonchev–Trinajstić information content (AvgIpc) is 2.65. The maximum absolute atomic E-state index is 11.6. The first kappa shape index (κ1) is 12.0. The third kappa shape index (κ3) is 3.20. The van der Waals surface area contributed by atoms with Crippen molar-refractivity contribution in [3.63, 3.8) is 0 Å². The van der Waals surface area contributed by atoms with E-state index in [0.717, 1.165) is 0 Å². The smallest absolute Gasteiger partial charge is 0.326 e. The van der Waals surface area contributed by atoms with E-state index in [1.165, 1.54) is 0 Å². The molecule has 2 N–H and O–H groups in total. The fourth-order valence-electron chi connectivity index (χ4n) is 1.53. The molecule has 1 aliphatic rings. The molecule has 2 atom stereocenters. The Morgan fingerprint density at radius 1 is 1.47 bits per heavy atom. The van der Waals surface area contributed by atoms with Crippen molar-refractivity contribution in [3.05, 3.63) is 0 Å². The van der Waals surface area contributed by atoms with Gasteiger partial charge in [0.15, 0.2) is 0 Å². The molecule has 86 valence electrons. The van der Waals surface area contributed by atoms with Gasteiger partial charge in [-0.2, -0.15) is 0 Å². The van der Waals surface area contributed by atoms with Gasteiger partial charge in [0, 0.05) is 6.61 Å². The number of ether oxygens (including phenoxy) is 1. The van der Waals surface area contributed by atoms with Gasteiger partial charge in [0.1, 0.15) is 6.04 Å².